The number of nitrogens with zero attached hydrogens (tertiary/aromatic N) is 3. The maximum atomic E-state index is 12.8. The number of amides is 1. The number of hydrogen-bond acceptors (Lipinski definition) is 7. The zero-order valence-electron chi connectivity index (χ0n) is 18.6. The van der Waals surface area contributed by atoms with Crippen molar-refractivity contribution in [2.75, 3.05) is 32.6 Å². The van der Waals surface area contributed by atoms with Crippen molar-refractivity contribution in [3.63, 3.8) is 0 Å². The van der Waals surface area contributed by atoms with Crippen LogP contribution in [-0.4, -0.2) is 48.3 Å². The van der Waals surface area contributed by atoms with Crippen molar-refractivity contribution in [3.05, 3.63) is 53.9 Å². The molecule has 0 spiro atoms. The molecule has 0 radical (unpaired) electrons. The van der Waals surface area contributed by atoms with Gasteiger partial charge in [0.1, 0.15) is 11.5 Å². The molecule has 1 N–H and O–H groups in total. The highest BCUT2D eigenvalue weighted by molar-refractivity contribution is 5.94. The maximum Gasteiger partial charge on any atom is 0.241 e. The molecule has 1 fully saturated rings. The van der Waals surface area contributed by atoms with Gasteiger partial charge in [-0.2, -0.15) is 4.98 Å². The molecule has 1 amide bonds. The lowest BCUT2D eigenvalue weighted by Crippen LogP contribution is -2.37. The van der Waals surface area contributed by atoms with Crippen LogP contribution in [0.2, 0.25) is 0 Å². The highest BCUT2D eigenvalue weighted by Gasteiger charge is 2.26. The molecule has 0 bridgehead atoms. The summed E-state index contributed by atoms with van der Waals surface area (Å²) >= 11 is 0. The van der Waals surface area contributed by atoms with Crippen LogP contribution in [0.1, 0.15) is 24.3 Å². The van der Waals surface area contributed by atoms with Gasteiger partial charge in [-0.3, -0.25) is 9.69 Å². The first-order valence-corrected chi connectivity index (χ1v) is 10.7. The van der Waals surface area contributed by atoms with E-state index in [0.717, 1.165) is 31.5 Å². The molecule has 0 unspecified atom stereocenters. The Bertz CT molecular complexity index is 1060. The number of piperidine rings is 1. The van der Waals surface area contributed by atoms with Gasteiger partial charge in [0, 0.05) is 17.5 Å². The average Bonchev–Trinajstić information content (AvgIpc) is 3.28. The third-order valence-electron chi connectivity index (χ3n) is 5.76. The number of nitrogens with one attached hydrogen (secondary N) is 1. The summed E-state index contributed by atoms with van der Waals surface area (Å²) in [6, 6.07) is 13.4. The van der Waals surface area contributed by atoms with Crippen molar-refractivity contribution in [2.24, 2.45) is 5.92 Å². The summed E-state index contributed by atoms with van der Waals surface area (Å²) in [6.07, 6.45) is 1.53. The summed E-state index contributed by atoms with van der Waals surface area (Å²) in [4.78, 5) is 19.5. The first kappa shape index (κ1) is 21.8. The topological polar surface area (TPSA) is 89.7 Å². The standard InChI is InChI=1S/C24H28N4O4/c1-16-4-6-17(7-5-16)23-26-22(32-27-23)15-28-12-10-18(11-13-28)24(29)25-20-9-8-19(30-2)14-21(20)31-3/h4-9,14,18H,10-13,15H2,1-3H3,(H,25,29). The Labute approximate surface area is 187 Å². The zero-order chi connectivity index (χ0) is 22.5. The maximum absolute atomic E-state index is 12.8. The van der Waals surface area contributed by atoms with Gasteiger partial charge in [-0.1, -0.05) is 35.0 Å². The summed E-state index contributed by atoms with van der Waals surface area (Å²) in [5, 5.41) is 7.10. The Morgan fingerprint density at radius 3 is 2.56 bits per heavy atom. The van der Waals surface area contributed by atoms with E-state index in [1.165, 1.54) is 5.56 Å². The van der Waals surface area contributed by atoms with E-state index >= 15 is 0 Å². The lowest BCUT2D eigenvalue weighted by Gasteiger charge is -2.30. The van der Waals surface area contributed by atoms with Gasteiger partial charge < -0.3 is 19.3 Å². The number of methoxy groups -OCH3 is 2. The second-order valence-electron chi connectivity index (χ2n) is 7.98. The molecule has 1 saturated heterocycles. The molecule has 2 aromatic carbocycles. The Morgan fingerprint density at radius 1 is 1.12 bits per heavy atom. The number of hydrogen-bond donors (Lipinski definition) is 1. The summed E-state index contributed by atoms with van der Waals surface area (Å²) in [5.41, 5.74) is 2.78. The number of ether oxygens (including phenoxy) is 2. The third kappa shape index (κ3) is 5.08. The van der Waals surface area contributed by atoms with E-state index in [9.17, 15) is 4.79 Å². The molecule has 8 nitrogen and oxygen atoms in total. The van der Waals surface area contributed by atoms with Crippen molar-refractivity contribution in [2.45, 2.75) is 26.3 Å². The molecule has 1 aliphatic heterocycles. The van der Waals surface area contributed by atoms with Gasteiger partial charge in [0.2, 0.25) is 17.6 Å². The minimum atomic E-state index is -0.0520. The number of rotatable bonds is 7. The third-order valence-corrected chi connectivity index (χ3v) is 5.76. The normalized spacial score (nSPS) is 14.8. The lowest BCUT2D eigenvalue weighted by molar-refractivity contribution is -0.121. The molecule has 168 valence electrons. The molecule has 0 aliphatic carbocycles. The largest absolute Gasteiger partial charge is 0.497 e. The summed E-state index contributed by atoms with van der Waals surface area (Å²) in [5.74, 6) is 2.40. The first-order chi connectivity index (χ1) is 15.6. The molecule has 3 aromatic rings. The fraction of sp³-hybridized carbons (Fsp3) is 0.375. The van der Waals surface area contributed by atoms with Crippen LogP contribution in [-0.2, 0) is 11.3 Å². The Morgan fingerprint density at radius 2 is 1.88 bits per heavy atom. The summed E-state index contributed by atoms with van der Waals surface area (Å²) in [6.45, 7) is 4.21. The molecular weight excluding hydrogens is 408 g/mol. The fourth-order valence-electron chi connectivity index (χ4n) is 3.82. The van der Waals surface area contributed by atoms with Gasteiger partial charge in [0.15, 0.2) is 0 Å². The number of likely N-dealkylation sites (tertiary alicyclic amines) is 1. The molecular formula is C24H28N4O4. The Hall–Kier alpha value is -3.39. The van der Waals surface area contributed by atoms with Gasteiger partial charge >= 0.3 is 0 Å². The lowest BCUT2D eigenvalue weighted by atomic mass is 9.96. The minimum absolute atomic E-state index is 0.00700. The zero-order valence-corrected chi connectivity index (χ0v) is 18.6. The first-order valence-electron chi connectivity index (χ1n) is 10.7. The van der Waals surface area contributed by atoms with Gasteiger partial charge in [0.25, 0.3) is 0 Å². The molecule has 4 rings (SSSR count). The van der Waals surface area contributed by atoms with E-state index in [1.54, 1.807) is 32.4 Å². The predicted octanol–water partition coefficient (Wildman–Crippen LogP) is 3.91. The molecule has 1 aliphatic rings. The van der Waals surface area contributed by atoms with E-state index in [4.69, 9.17) is 14.0 Å². The van der Waals surface area contributed by atoms with E-state index in [0.29, 0.717) is 35.4 Å². The Balaban J connectivity index is 1.30. The molecule has 32 heavy (non-hydrogen) atoms. The highest BCUT2D eigenvalue weighted by atomic mass is 16.5. The second kappa shape index (κ2) is 9.82. The van der Waals surface area contributed by atoms with Crippen LogP contribution in [0.4, 0.5) is 5.69 Å². The number of benzene rings is 2. The van der Waals surface area contributed by atoms with Crippen LogP contribution in [0.25, 0.3) is 11.4 Å². The van der Waals surface area contributed by atoms with E-state index in [1.807, 2.05) is 31.2 Å². The van der Waals surface area contributed by atoms with Crippen LogP contribution >= 0.6 is 0 Å². The molecule has 8 heteroatoms. The van der Waals surface area contributed by atoms with Crippen molar-refractivity contribution in [3.8, 4) is 22.9 Å². The van der Waals surface area contributed by atoms with Crippen molar-refractivity contribution < 1.29 is 18.8 Å². The molecule has 2 heterocycles. The monoisotopic (exact) mass is 436 g/mol. The minimum Gasteiger partial charge on any atom is -0.497 e. The van der Waals surface area contributed by atoms with Gasteiger partial charge in [0.05, 0.1) is 26.5 Å². The molecule has 1 aromatic heterocycles. The fourth-order valence-corrected chi connectivity index (χ4v) is 3.82. The molecule has 0 saturated carbocycles. The number of aryl methyl sites for hydroxylation is 1. The number of carbonyl (C=O) groups excluding carboxylic acids is 1. The van der Waals surface area contributed by atoms with Crippen molar-refractivity contribution in [1.29, 1.82) is 0 Å². The van der Waals surface area contributed by atoms with Crippen LogP contribution < -0.4 is 14.8 Å². The quantitative estimate of drug-likeness (QED) is 0.600. The second-order valence-corrected chi connectivity index (χ2v) is 7.98. The number of anilines is 1. The highest BCUT2D eigenvalue weighted by Crippen LogP contribution is 2.30. The van der Waals surface area contributed by atoms with Gasteiger partial charge in [-0.15, -0.1) is 0 Å². The number of aromatic nitrogens is 2. The SMILES string of the molecule is COc1ccc(NC(=O)C2CCN(Cc3nc(-c4ccc(C)cc4)no3)CC2)c(OC)c1. The van der Waals surface area contributed by atoms with Crippen LogP contribution in [0.3, 0.4) is 0 Å². The smallest absolute Gasteiger partial charge is 0.241 e. The van der Waals surface area contributed by atoms with E-state index < -0.39 is 0 Å². The van der Waals surface area contributed by atoms with Crippen LogP contribution in [0.15, 0.2) is 47.0 Å². The number of carbonyl (C=O) groups is 1. The summed E-state index contributed by atoms with van der Waals surface area (Å²) in [7, 11) is 3.17. The van der Waals surface area contributed by atoms with Crippen LogP contribution in [0, 0.1) is 12.8 Å². The van der Waals surface area contributed by atoms with E-state index in [2.05, 4.69) is 20.4 Å². The molecule has 0 atom stereocenters. The Kier molecular flexibility index (Phi) is 6.70. The van der Waals surface area contributed by atoms with E-state index in [-0.39, 0.29) is 11.8 Å². The predicted molar refractivity (Wildman–Crippen MR) is 121 cm³/mol. The summed E-state index contributed by atoms with van der Waals surface area (Å²) < 4.78 is 16.0. The van der Waals surface area contributed by atoms with Gasteiger partial charge in [-0.05, 0) is 45.0 Å². The average molecular weight is 437 g/mol. The van der Waals surface area contributed by atoms with Gasteiger partial charge in [-0.25, -0.2) is 0 Å². The van der Waals surface area contributed by atoms with Crippen LogP contribution in [0.5, 0.6) is 11.5 Å². The van der Waals surface area contributed by atoms with Crippen molar-refractivity contribution in [1.82, 2.24) is 15.0 Å². The van der Waals surface area contributed by atoms with Crippen molar-refractivity contribution >= 4 is 11.6 Å².